The number of pyridine rings is 1. The number of rotatable bonds is 3. The molecule has 16 heavy (non-hydrogen) atoms. The number of ether oxygens (including phenoxy) is 1. The molecular weight excluding hydrogens is 210 g/mol. The first kappa shape index (κ1) is 10.9. The van der Waals surface area contributed by atoms with E-state index in [0.717, 1.165) is 12.8 Å². The monoisotopic (exact) mass is 223 g/mol. The Morgan fingerprint density at radius 1 is 1.50 bits per heavy atom. The van der Waals surface area contributed by atoms with Gasteiger partial charge < -0.3 is 14.9 Å². The number of hydrogen-bond donors (Lipinski definition) is 2. The summed E-state index contributed by atoms with van der Waals surface area (Å²) < 4.78 is 5.49. The summed E-state index contributed by atoms with van der Waals surface area (Å²) in [4.78, 5) is 14.6. The third-order valence-electron chi connectivity index (χ3n) is 2.67. The van der Waals surface area contributed by atoms with E-state index in [1.54, 1.807) is 12.1 Å². The fraction of sp³-hybridized carbons (Fsp3) is 0.455. The maximum absolute atomic E-state index is 10.9. The molecule has 1 fully saturated rings. The van der Waals surface area contributed by atoms with Crippen LogP contribution in [0.4, 0.5) is 0 Å². The van der Waals surface area contributed by atoms with Gasteiger partial charge in [0, 0.05) is 6.20 Å². The van der Waals surface area contributed by atoms with Crippen LogP contribution in [0.15, 0.2) is 18.3 Å². The maximum Gasteiger partial charge on any atom is 0.358 e. The van der Waals surface area contributed by atoms with Gasteiger partial charge in [0.25, 0.3) is 0 Å². The Balaban J connectivity index is 2.17. The molecule has 0 aliphatic heterocycles. The summed E-state index contributed by atoms with van der Waals surface area (Å²) in [6, 6.07) is 3.17. The lowest BCUT2D eigenvalue weighted by Crippen LogP contribution is -2.26. The fourth-order valence-electron chi connectivity index (χ4n) is 1.85. The minimum atomic E-state index is -1.12. The lowest BCUT2D eigenvalue weighted by atomic mass is 10.2. The van der Waals surface area contributed by atoms with E-state index >= 15 is 0 Å². The Kier molecular flexibility index (Phi) is 3.05. The molecule has 1 aliphatic rings. The second-order valence-electron chi connectivity index (χ2n) is 3.81. The number of carboxylic acid groups (broad SMARTS) is 1. The summed E-state index contributed by atoms with van der Waals surface area (Å²) >= 11 is 0. The molecule has 1 saturated carbocycles. The van der Waals surface area contributed by atoms with Crippen molar-refractivity contribution < 1.29 is 19.7 Å². The van der Waals surface area contributed by atoms with Crippen LogP contribution in [0, 0.1) is 0 Å². The third kappa shape index (κ3) is 2.14. The van der Waals surface area contributed by atoms with E-state index in [1.165, 1.54) is 6.20 Å². The number of carboxylic acids is 1. The van der Waals surface area contributed by atoms with Crippen LogP contribution in [0.2, 0.25) is 0 Å². The summed E-state index contributed by atoms with van der Waals surface area (Å²) in [6.07, 6.45) is 2.92. The molecule has 2 atom stereocenters. The van der Waals surface area contributed by atoms with E-state index in [2.05, 4.69) is 4.98 Å². The predicted molar refractivity (Wildman–Crippen MR) is 55.5 cm³/mol. The normalized spacial score (nSPS) is 24.3. The van der Waals surface area contributed by atoms with Gasteiger partial charge in [0.05, 0.1) is 6.10 Å². The predicted octanol–water partition coefficient (Wildman–Crippen LogP) is 1.07. The van der Waals surface area contributed by atoms with Gasteiger partial charge in [0.1, 0.15) is 6.10 Å². The maximum atomic E-state index is 10.9. The summed E-state index contributed by atoms with van der Waals surface area (Å²) in [6.45, 7) is 0. The van der Waals surface area contributed by atoms with Gasteiger partial charge in [-0.25, -0.2) is 9.78 Å². The van der Waals surface area contributed by atoms with E-state index in [9.17, 15) is 9.90 Å². The molecule has 2 unspecified atom stereocenters. The van der Waals surface area contributed by atoms with Crippen LogP contribution in [0.5, 0.6) is 5.75 Å². The third-order valence-corrected chi connectivity index (χ3v) is 2.67. The second kappa shape index (κ2) is 4.49. The van der Waals surface area contributed by atoms with Crippen LogP contribution >= 0.6 is 0 Å². The van der Waals surface area contributed by atoms with E-state index in [1.807, 2.05) is 0 Å². The van der Waals surface area contributed by atoms with Crippen molar-refractivity contribution >= 4 is 5.97 Å². The fourth-order valence-corrected chi connectivity index (χ4v) is 1.85. The Morgan fingerprint density at radius 3 is 2.94 bits per heavy atom. The summed E-state index contributed by atoms with van der Waals surface area (Å²) in [5.74, 6) is -0.899. The Hall–Kier alpha value is -1.62. The van der Waals surface area contributed by atoms with Crippen LogP contribution in [-0.2, 0) is 0 Å². The molecule has 0 bridgehead atoms. The number of aromatic nitrogens is 1. The SMILES string of the molecule is O=C(O)c1ncccc1OC1CCCC1O. The highest BCUT2D eigenvalue weighted by atomic mass is 16.5. The highest BCUT2D eigenvalue weighted by Gasteiger charge is 2.28. The molecule has 0 amide bonds. The van der Waals surface area contributed by atoms with Crippen LogP contribution in [-0.4, -0.2) is 33.4 Å². The molecule has 2 rings (SSSR count). The Bertz CT molecular complexity index is 393. The number of aliphatic hydroxyl groups excluding tert-OH is 1. The standard InChI is InChI=1S/C11H13NO4/c13-7-3-1-4-8(7)16-9-5-2-6-12-10(9)11(14)15/h2,5-8,13H,1,3-4H2,(H,14,15). The van der Waals surface area contributed by atoms with Gasteiger partial charge in [-0.1, -0.05) is 0 Å². The number of aliphatic hydroxyl groups is 1. The lowest BCUT2D eigenvalue weighted by molar-refractivity contribution is 0.0553. The lowest BCUT2D eigenvalue weighted by Gasteiger charge is -2.17. The quantitative estimate of drug-likeness (QED) is 0.801. The van der Waals surface area contributed by atoms with Crippen LogP contribution in [0.1, 0.15) is 29.8 Å². The smallest absolute Gasteiger partial charge is 0.358 e. The summed E-state index contributed by atoms with van der Waals surface area (Å²) in [5.41, 5.74) is -0.110. The van der Waals surface area contributed by atoms with Crippen LogP contribution in [0.3, 0.4) is 0 Å². The van der Waals surface area contributed by atoms with E-state index in [-0.39, 0.29) is 17.5 Å². The molecule has 1 aromatic rings. The van der Waals surface area contributed by atoms with Gasteiger partial charge in [-0.15, -0.1) is 0 Å². The van der Waals surface area contributed by atoms with Crippen molar-refractivity contribution in [2.24, 2.45) is 0 Å². The molecule has 1 aromatic heterocycles. The number of carbonyl (C=O) groups is 1. The average Bonchev–Trinajstić information content (AvgIpc) is 2.65. The topological polar surface area (TPSA) is 79.7 Å². The number of nitrogens with zero attached hydrogens (tertiary/aromatic N) is 1. The molecule has 1 aliphatic carbocycles. The van der Waals surface area contributed by atoms with Gasteiger partial charge >= 0.3 is 5.97 Å². The molecule has 1 heterocycles. The first-order chi connectivity index (χ1) is 7.68. The van der Waals surface area contributed by atoms with Crippen molar-refractivity contribution in [2.45, 2.75) is 31.5 Å². The highest BCUT2D eigenvalue weighted by molar-refractivity contribution is 5.88. The molecule has 5 nitrogen and oxygen atoms in total. The molecule has 0 aromatic carbocycles. The second-order valence-corrected chi connectivity index (χ2v) is 3.81. The van der Waals surface area contributed by atoms with Crippen molar-refractivity contribution in [3.8, 4) is 5.75 Å². The molecule has 86 valence electrons. The van der Waals surface area contributed by atoms with Gasteiger partial charge in [0.2, 0.25) is 0 Å². The van der Waals surface area contributed by atoms with Gasteiger partial charge in [-0.05, 0) is 31.4 Å². The van der Waals surface area contributed by atoms with Crippen molar-refractivity contribution in [2.75, 3.05) is 0 Å². The van der Waals surface area contributed by atoms with Gasteiger partial charge in [-0.2, -0.15) is 0 Å². The molecule has 0 radical (unpaired) electrons. The van der Waals surface area contributed by atoms with Crippen molar-refractivity contribution in [3.63, 3.8) is 0 Å². The number of aromatic carboxylic acids is 1. The Morgan fingerprint density at radius 2 is 2.31 bits per heavy atom. The van der Waals surface area contributed by atoms with Gasteiger partial charge in [0.15, 0.2) is 11.4 Å². The zero-order valence-corrected chi connectivity index (χ0v) is 8.67. The average molecular weight is 223 g/mol. The molecule has 0 saturated heterocycles. The van der Waals surface area contributed by atoms with Crippen LogP contribution < -0.4 is 4.74 Å². The van der Waals surface area contributed by atoms with Crippen LogP contribution in [0.25, 0.3) is 0 Å². The molecular formula is C11H13NO4. The zero-order chi connectivity index (χ0) is 11.5. The summed E-state index contributed by atoms with van der Waals surface area (Å²) in [5, 5.41) is 18.5. The first-order valence-corrected chi connectivity index (χ1v) is 5.21. The molecule has 0 spiro atoms. The van der Waals surface area contributed by atoms with Gasteiger partial charge in [-0.3, -0.25) is 0 Å². The van der Waals surface area contributed by atoms with E-state index < -0.39 is 12.1 Å². The zero-order valence-electron chi connectivity index (χ0n) is 8.67. The minimum Gasteiger partial charge on any atom is -0.485 e. The Labute approximate surface area is 92.7 Å². The minimum absolute atomic E-state index is 0.110. The summed E-state index contributed by atoms with van der Waals surface area (Å²) in [7, 11) is 0. The van der Waals surface area contributed by atoms with Crippen molar-refractivity contribution in [1.29, 1.82) is 0 Å². The van der Waals surface area contributed by atoms with Crippen molar-refractivity contribution in [3.05, 3.63) is 24.0 Å². The van der Waals surface area contributed by atoms with E-state index in [0.29, 0.717) is 6.42 Å². The van der Waals surface area contributed by atoms with E-state index in [4.69, 9.17) is 9.84 Å². The molecule has 2 N–H and O–H groups in total. The van der Waals surface area contributed by atoms with Crippen molar-refractivity contribution in [1.82, 2.24) is 4.98 Å². The largest absolute Gasteiger partial charge is 0.485 e. The number of hydrogen-bond acceptors (Lipinski definition) is 4. The molecule has 5 heteroatoms. The highest BCUT2D eigenvalue weighted by Crippen LogP contribution is 2.26. The first-order valence-electron chi connectivity index (χ1n) is 5.21.